The summed E-state index contributed by atoms with van der Waals surface area (Å²) in [5.41, 5.74) is 1.34. The zero-order valence-corrected chi connectivity index (χ0v) is 12.7. The molecular formula is C14H14BrClS. The van der Waals surface area contributed by atoms with Crippen molar-refractivity contribution in [1.82, 2.24) is 0 Å². The zero-order valence-electron chi connectivity index (χ0n) is 9.57. The second-order valence-electron chi connectivity index (χ2n) is 4.20. The molecule has 0 aliphatic carbocycles. The Hall–Kier alpha value is -0.310. The lowest BCUT2D eigenvalue weighted by atomic mass is 9.97. The largest absolute Gasteiger partial charge is 0.128 e. The molecule has 1 heterocycles. The monoisotopic (exact) mass is 328 g/mol. The van der Waals surface area contributed by atoms with E-state index in [0.717, 1.165) is 10.8 Å². The van der Waals surface area contributed by atoms with Crippen molar-refractivity contribution in [3.05, 3.63) is 57.2 Å². The van der Waals surface area contributed by atoms with Crippen molar-refractivity contribution in [3.63, 3.8) is 0 Å². The van der Waals surface area contributed by atoms with Gasteiger partial charge in [0, 0.05) is 9.70 Å². The molecule has 2 atom stereocenters. The number of benzene rings is 1. The molecule has 2 aromatic rings. The molecule has 1 aromatic carbocycles. The van der Waals surface area contributed by atoms with Crippen LogP contribution in [0.3, 0.4) is 0 Å². The molecule has 0 amide bonds. The standard InChI is InChI=1S/C14H14BrClS/c1-10(9-12-7-8-13(16)17-12)14(15)11-5-3-2-4-6-11/h2-8,10,14H,9H2,1H3. The van der Waals surface area contributed by atoms with Crippen LogP contribution in [0.4, 0.5) is 0 Å². The number of hydrogen-bond acceptors (Lipinski definition) is 1. The summed E-state index contributed by atoms with van der Waals surface area (Å²) in [7, 11) is 0. The maximum absolute atomic E-state index is 5.95. The molecular weight excluding hydrogens is 316 g/mol. The topological polar surface area (TPSA) is 0 Å². The van der Waals surface area contributed by atoms with E-state index in [-0.39, 0.29) is 0 Å². The van der Waals surface area contributed by atoms with Gasteiger partial charge in [-0.3, -0.25) is 0 Å². The Morgan fingerprint density at radius 2 is 1.88 bits per heavy atom. The first-order chi connectivity index (χ1) is 8.16. The molecule has 0 aliphatic heterocycles. The van der Waals surface area contributed by atoms with Gasteiger partial charge in [-0.2, -0.15) is 0 Å². The second kappa shape index (κ2) is 6.03. The van der Waals surface area contributed by atoms with Crippen molar-refractivity contribution in [2.45, 2.75) is 18.2 Å². The first kappa shape index (κ1) is 13.1. The van der Waals surface area contributed by atoms with Crippen molar-refractivity contribution in [1.29, 1.82) is 0 Å². The summed E-state index contributed by atoms with van der Waals surface area (Å²) in [4.78, 5) is 1.74. The highest BCUT2D eigenvalue weighted by molar-refractivity contribution is 9.09. The van der Waals surface area contributed by atoms with Crippen LogP contribution in [-0.4, -0.2) is 0 Å². The van der Waals surface area contributed by atoms with Crippen molar-refractivity contribution in [3.8, 4) is 0 Å². The number of rotatable bonds is 4. The van der Waals surface area contributed by atoms with Crippen LogP contribution in [-0.2, 0) is 6.42 Å². The van der Waals surface area contributed by atoms with Gasteiger partial charge >= 0.3 is 0 Å². The predicted molar refractivity (Wildman–Crippen MR) is 80.3 cm³/mol. The first-order valence-corrected chi connectivity index (χ1v) is 7.71. The highest BCUT2D eigenvalue weighted by Crippen LogP contribution is 2.34. The Morgan fingerprint density at radius 3 is 2.47 bits per heavy atom. The molecule has 0 spiro atoms. The van der Waals surface area contributed by atoms with Crippen LogP contribution in [0.1, 0.15) is 22.2 Å². The third kappa shape index (κ3) is 3.57. The Kier molecular flexibility index (Phi) is 4.66. The van der Waals surface area contributed by atoms with E-state index < -0.39 is 0 Å². The van der Waals surface area contributed by atoms with Crippen LogP contribution in [0.2, 0.25) is 4.34 Å². The third-order valence-electron chi connectivity index (χ3n) is 2.77. The second-order valence-corrected chi connectivity index (χ2v) is 6.99. The molecule has 0 nitrogen and oxygen atoms in total. The number of thiophene rings is 1. The predicted octanol–water partition coefficient (Wildman–Crippen LogP) is 5.72. The minimum absolute atomic E-state index is 0.393. The lowest BCUT2D eigenvalue weighted by molar-refractivity contribution is 0.577. The molecule has 90 valence electrons. The number of alkyl halides is 1. The summed E-state index contributed by atoms with van der Waals surface area (Å²) >= 11 is 11.4. The fraction of sp³-hybridized carbons (Fsp3) is 0.286. The van der Waals surface area contributed by atoms with Gasteiger partial charge < -0.3 is 0 Å². The van der Waals surface area contributed by atoms with E-state index >= 15 is 0 Å². The molecule has 0 bridgehead atoms. The molecule has 0 radical (unpaired) electrons. The summed E-state index contributed by atoms with van der Waals surface area (Å²) < 4.78 is 0.873. The van der Waals surface area contributed by atoms with E-state index in [1.165, 1.54) is 10.4 Å². The molecule has 0 N–H and O–H groups in total. The molecule has 2 unspecified atom stereocenters. The van der Waals surface area contributed by atoms with Crippen LogP contribution in [0.5, 0.6) is 0 Å². The van der Waals surface area contributed by atoms with E-state index in [1.807, 2.05) is 12.1 Å². The average Bonchev–Trinajstić information content (AvgIpc) is 2.75. The van der Waals surface area contributed by atoms with Crippen LogP contribution in [0.25, 0.3) is 0 Å². The van der Waals surface area contributed by atoms with E-state index in [1.54, 1.807) is 11.3 Å². The smallest absolute Gasteiger partial charge is 0.0931 e. The fourth-order valence-electron chi connectivity index (χ4n) is 1.85. The third-order valence-corrected chi connectivity index (χ3v) is 5.45. The minimum Gasteiger partial charge on any atom is -0.128 e. The fourth-order valence-corrected chi connectivity index (χ4v) is 3.57. The molecule has 0 aliphatic rings. The lowest BCUT2D eigenvalue weighted by Crippen LogP contribution is -2.06. The van der Waals surface area contributed by atoms with Gasteiger partial charge in [-0.25, -0.2) is 0 Å². The van der Waals surface area contributed by atoms with Crippen LogP contribution < -0.4 is 0 Å². The number of hydrogen-bond donors (Lipinski definition) is 0. The maximum Gasteiger partial charge on any atom is 0.0931 e. The Balaban J connectivity index is 2.03. The normalized spacial score (nSPS) is 14.5. The molecule has 0 fully saturated rings. The summed E-state index contributed by atoms with van der Waals surface area (Å²) in [5, 5.41) is 0. The van der Waals surface area contributed by atoms with Gasteiger partial charge in [-0.1, -0.05) is 64.8 Å². The van der Waals surface area contributed by atoms with Gasteiger partial charge in [0.1, 0.15) is 0 Å². The quantitative estimate of drug-likeness (QED) is 0.630. The Bertz CT molecular complexity index is 466. The highest BCUT2D eigenvalue weighted by Gasteiger charge is 2.17. The number of halogens is 2. The Morgan fingerprint density at radius 1 is 1.18 bits per heavy atom. The van der Waals surface area contributed by atoms with Gasteiger partial charge in [0.15, 0.2) is 0 Å². The Labute approximate surface area is 120 Å². The average molecular weight is 330 g/mol. The summed E-state index contributed by atoms with van der Waals surface area (Å²) in [6, 6.07) is 14.6. The van der Waals surface area contributed by atoms with Gasteiger partial charge in [0.2, 0.25) is 0 Å². The van der Waals surface area contributed by atoms with E-state index in [2.05, 4.69) is 53.2 Å². The summed E-state index contributed by atoms with van der Waals surface area (Å²) in [6.45, 7) is 2.26. The van der Waals surface area contributed by atoms with Crippen LogP contribution in [0.15, 0.2) is 42.5 Å². The van der Waals surface area contributed by atoms with E-state index in [0.29, 0.717) is 10.7 Å². The van der Waals surface area contributed by atoms with E-state index in [9.17, 15) is 0 Å². The lowest BCUT2D eigenvalue weighted by Gasteiger charge is -2.18. The molecule has 0 saturated carbocycles. The van der Waals surface area contributed by atoms with Crippen molar-refractivity contribution in [2.75, 3.05) is 0 Å². The molecule has 2 rings (SSSR count). The van der Waals surface area contributed by atoms with Crippen LogP contribution in [0, 0.1) is 5.92 Å². The van der Waals surface area contributed by atoms with Crippen LogP contribution >= 0.6 is 38.9 Å². The summed E-state index contributed by atoms with van der Waals surface area (Å²) in [6.07, 6.45) is 1.06. The highest BCUT2D eigenvalue weighted by atomic mass is 79.9. The van der Waals surface area contributed by atoms with Crippen molar-refractivity contribution < 1.29 is 0 Å². The summed E-state index contributed by atoms with van der Waals surface area (Å²) in [5.74, 6) is 0.548. The van der Waals surface area contributed by atoms with E-state index in [4.69, 9.17) is 11.6 Å². The molecule has 17 heavy (non-hydrogen) atoms. The van der Waals surface area contributed by atoms with Gasteiger partial charge in [0.25, 0.3) is 0 Å². The van der Waals surface area contributed by atoms with Crippen molar-refractivity contribution >= 4 is 38.9 Å². The molecule has 1 aromatic heterocycles. The zero-order chi connectivity index (χ0) is 12.3. The van der Waals surface area contributed by atoms with Crippen molar-refractivity contribution in [2.24, 2.45) is 5.92 Å². The SMILES string of the molecule is CC(Cc1ccc(Cl)s1)C(Br)c1ccccc1. The molecule has 0 saturated heterocycles. The minimum atomic E-state index is 0.393. The molecule has 3 heteroatoms. The van der Waals surface area contributed by atoms with Gasteiger partial charge in [-0.05, 0) is 30.0 Å². The van der Waals surface area contributed by atoms with Gasteiger partial charge in [0.05, 0.1) is 4.34 Å². The van der Waals surface area contributed by atoms with Gasteiger partial charge in [-0.15, -0.1) is 11.3 Å². The maximum atomic E-state index is 5.95. The first-order valence-electron chi connectivity index (χ1n) is 5.60.